The van der Waals surface area contributed by atoms with Crippen LogP contribution in [0.5, 0.6) is 11.5 Å². The van der Waals surface area contributed by atoms with E-state index >= 15 is 0 Å². The highest BCUT2D eigenvalue weighted by Gasteiger charge is 2.68. The number of aromatic hydroxyl groups is 1. The number of nitro benzene ring substituents is 1. The molecule has 3 aromatic rings. The zero-order valence-corrected chi connectivity index (χ0v) is 25.2. The van der Waals surface area contributed by atoms with Crippen LogP contribution in [-0.2, 0) is 25.6 Å². The highest BCUT2D eigenvalue weighted by atomic mass is 16.6. The Kier molecular flexibility index (Phi) is 6.27. The fourth-order valence-corrected chi connectivity index (χ4v) is 8.67. The first-order valence-electron chi connectivity index (χ1n) is 15.5. The minimum atomic E-state index is -1.23. The maximum atomic E-state index is 14.6. The second kappa shape index (κ2) is 10.2. The van der Waals surface area contributed by atoms with E-state index < -0.39 is 51.7 Å². The third kappa shape index (κ3) is 4.05. The summed E-state index contributed by atoms with van der Waals surface area (Å²) in [6.07, 6.45) is 4.32. The molecule has 0 radical (unpaired) electrons. The Labute approximate surface area is 268 Å². The lowest BCUT2D eigenvalue weighted by molar-refractivity contribution is -0.384. The molecule has 3 aliphatic heterocycles. The Balaban J connectivity index is 1.24. The van der Waals surface area contributed by atoms with Crippen LogP contribution >= 0.6 is 0 Å². The van der Waals surface area contributed by atoms with Crippen LogP contribution in [0.25, 0.3) is 0 Å². The second-order valence-corrected chi connectivity index (χ2v) is 13.1. The number of fused-ring (bicyclic) bond motifs is 5. The van der Waals surface area contributed by atoms with Crippen molar-refractivity contribution in [2.45, 2.75) is 26.2 Å². The standard InChI is InChI=1S/C36H29N3O8/c1-36-28(33(42)38(35(36)44)21-6-3-2-4-7-21)17-27-25(31(36)20-14-19-15-24(40)10-13-29(19)47-18-20)11-12-26-30(27)34(43)37(32(26)41)22-8-5-9-23(16-22)39(45)46/h2-11,13,15-16,18,26-28,30-31,40H,12,14,17H2,1H3/t26-,27+,28-,30-,31-,36+/m0/s1. The molecular formula is C36H29N3O8. The summed E-state index contributed by atoms with van der Waals surface area (Å²) in [6.45, 7) is 1.81. The van der Waals surface area contributed by atoms with E-state index in [2.05, 4.69) is 0 Å². The molecular weight excluding hydrogens is 602 g/mol. The average molecular weight is 632 g/mol. The molecule has 3 heterocycles. The molecule has 3 fully saturated rings. The molecule has 8 rings (SSSR count). The molecule has 4 amide bonds. The summed E-state index contributed by atoms with van der Waals surface area (Å²) >= 11 is 0. The summed E-state index contributed by atoms with van der Waals surface area (Å²) in [6, 6.07) is 19.0. The molecule has 5 aliphatic rings. The molecule has 2 aliphatic carbocycles. The fourth-order valence-electron chi connectivity index (χ4n) is 8.67. The minimum Gasteiger partial charge on any atom is -0.508 e. The Hall–Kier alpha value is -5.58. The van der Waals surface area contributed by atoms with E-state index in [9.17, 15) is 34.4 Å². The number of carbonyl (C=O) groups excluding carboxylic acids is 4. The zero-order valence-electron chi connectivity index (χ0n) is 25.2. The largest absolute Gasteiger partial charge is 0.508 e. The third-order valence-corrected chi connectivity index (χ3v) is 10.7. The van der Waals surface area contributed by atoms with Gasteiger partial charge in [-0.05, 0) is 67.7 Å². The van der Waals surface area contributed by atoms with Gasteiger partial charge in [0, 0.05) is 30.0 Å². The number of rotatable bonds is 4. The van der Waals surface area contributed by atoms with Crippen molar-refractivity contribution in [1.29, 1.82) is 0 Å². The number of allylic oxidation sites excluding steroid dienone is 3. The molecule has 0 spiro atoms. The van der Waals surface area contributed by atoms with E-state index in [0.717, 1.165) is 21.6 Å². The molecule has 0 bridgehead atoms. The van der Waals surface area contributed by atoms with Gasteiger partial charge in [0.2, 0.25) is 23.6 Å². The monoisotopic (exact) mass is 631 g/mol. The number of phenols is 1. The smallest absolute Gasteiger partial charge is 0.271 e. The van der Waals surface area contributed by atoms with E-state index in [1.165, 1.54) is 35.2 Å². The molecule has 1 N–H and O–H groups in total. The molecule has 11 heteroatoms. The van der Waals surface area contributed by atoms with Gasteiger partial charge in [-0.1, -0.05) is 35.9 Å². The molecule has 0 unspecified atom stereocenters. The van der Waals surface area contributed by atoms with Crippen molar-refractivity contribution in [3.05, 3.63) is 112 Å². The van der Waals surface area contributed by atoms with E-state index in [1.807, 2.05) is 13.0 Å². The summed E-state index contributed by atoms with van der Waals surface area (Å²) < 4.78 is 6.03. The minimum absolute atomic E-state index is 0.0672. The molecule has 6 atom stereocenters. The first-order chi connectivity index (χ1) is 22.6. The number of nitro groups is 1. The SMILES string of the molecule is C[C@@]12C(=O)N(c3ccccc3)C(=O)[C@@H]1C[C@@H]1C(=CC[C@@H]3C(=O)N(c4cccc([N+](=O)[O-])c4)C(=O)[C@@H]31)[C@@H]2C1=COc2ccc(O)cc2C1. The van der Waals surface area contributed by atoms with Crippen molar-refractivity contribution in [3.8, 4) is 11.5 Å². The van der Waals surface area contributed by atoms with Gasteiger partial charge in [0.1, 0.15) is 11.5 Å². The third-order valence-electron chi connectivity index (χ3n) is 10.7. The first kappa shape index (κ1) is 28.9. The molecule has 0 aromatic heterocycles. The van der Waals surface area contributed by atoms with Gasteiger partial charge >= 0.3 is 0 Å². The number of hydrogen-bond donors (Lipinski definition) is 1. The molecule has 11 nitrogen and oxygen atoms in total. The lowest BCUT2D eigenvalue weighted by Crippen LogP contribution is -2.51. The number of hydrogen-bond acceptors (Lipinski definition) is 8. The van der Waals surface area contributed by atoms with E-state index in [1.54, 1.807) is 48.7 Å². The Bertz CT molecular complexity index is 1990. The average Bonchev–Trinajstić information content (AvgIpc) is 3.44. The highest BCUT2D eigenvalue weighted by molar-refractivity contribution is 6.25. The molecule has 47 heavy (non-hydrogen) atoms. The van der Waals surface area contributed by atoms with Crippen LogP contribution in [-0.4, -0.2) is 33.7 Å². The zero-order chi connectivity index (χ0) is 32.8. The molecule has 3 aromatic carbocycles. The van der Waals surface area contributed by atoms with Crippen LogP contribution < -0.4 is 14.5 Å². The normalized spacial score (nSPS) is 29.3. The number of nitrogens with zero attached hydrogens (tertiary/aromatic N) is 3. The molecule has 2 saturated heterocycles. The predicted molar refractivity (Wildman–Crippen MR) is 168 cm³/mol. The summed E-state index contributed by atoms with van der Waals surface area (Å²) in [5.74, 6) is -4.50. The van der Waals surface area contributed by atoms with E-state index in [-0.39, 0.29) is 41.8 Å². The number of amides is 4. The quantitative estimate of drug-likeness (QED) is 0.181. The number of ether oxygens (including phenoxy) is 1. The van der Waals surface area contributed by atoms with Crippen molar-refractivity contribution >= 4 is 40.7 Å². The number of anilines is 2. The molecule has 1 saturated carbocycles. The van der Waals surface area contributed by atoms with Crippen LogP contribution in [0.1, 0.15) is 25.3 Å². The second-order valence-electron chi connectivity index (χ2n) is 13.1. The molecule has 236 valence electrons. The maximum absolute atomic E-state index is 14.6. The van der Waals surface area contributed by atoms with Crippen molar-refractivity contribution in [1.82, 2.24) is 0 Å². The number of non-ortho nitro benzene ring substituents is 1. The number of phenolic OH excluding ortho intramolecular Hbond substituents is 1. The van der Waals surface area contributed by atoms with Crippen molar-refractivity contribution in [2.75, 3.05) is 9.80 Å². The number of benzene rings is 3. The van der Waals surface area contributed by atoms with Crippen molar-refractivity contribution < 1.29 is 33.9 Å². The van der Waals surface area contributed by atoms with Crippen LogP contribution in [0, 0.1) is 45.1 Å². The van der Waals surface area contributed by atoms with Gasteiger partial charge in [0.15, 0.2) is 0 Å². The van der Waals surface area contributed by atoms with Gasteiger partial charge in [-0.15, -0.1) is 0 Å². The number of imide groups is 2. The predicted octanol–water partition coefficient (Wildman–Crippen LogP) is 5.09. The summed E-state index contributed by atoms with van der Waals surface area (Å²) in [7, 11) is 0. The lowest BCUT2D eigenvalue weighted by atomic mass is 9.51. The Morgan fingerprint density at radius 3 is 2.43 bits per heavy atom. The van der Waals surface area contributed by atoms with Gasteiger partial charge in [0.25, 0.3) is 5.69 Å². The van der Waals surface area contributed by atoms with Crippen LogP contribution in [0.4, 0.5) is 17.1 Å². The van der Waals surface area contributed by atoms with Crippen LogP contribution in [0.15, 0.2) is 96.3 Å². The fraction of sp³-hybridized carbons (Fsp3) is 0.278. The van der Waals surface area contributed by atoms with E-state index in [4.69, 9.17) is 4.74 Å². The summed E-state index contributed by atoms with van der Waals surface area (Å²) in [5.41, 5.74) is 1.38. The first-order valence-corrected chi connectivity index (χ1v) is 15.5. The van der Waals surface area contributed by atoms with Crippen LogP contribution in [0.3, 0.4) is 0 Å². The van der Waals surface area contributed by atoms with Crippen molar-refractivity contribution in [2.24, 2.45) is 35.0 Å². The lowest BCUT2D eigenvalue weighted by Gasteiger charge is -2.49. The van der Waals surface area contributed by atoms with Gasteiger partial charge in [-0.2, -0.15) is 0 Å². The highest BCUT2D eigenvalue weighted by Crippen LogP contribution is 2.63. The topological polar surface area (TPSA) is 147 Å². The van der Waals surface area contributed by atoms with Gasteiger partial charge in [-0.25, -0.2) is 9.80 Å². The Morgan fingerprint density at radius 1 is 0.894 bits per heavy atom. The van der Waals surface area contributed by atoms with Crippen molar-refractivity contribution in [3.63, 3.8) is 0 Å². The van der Waals surface area contributed by atoms with Gasteiger partial charge in [-0.3, -0.25) is 29.3 Å². The maximum Gasteiger partial charge on any atom is 0.271 e. The van der Waals surface area contributed by atoms with Crippen LogP contribution in [0.2, 0.25) is 0 Å². The summed E-state index contributed by atoms with van der Waals surface area (Å²) in [4.78, 5) is 70.1. The Morgan fingerprint density at radius 2 is 1.66 bits per heavy atom. The summed E-state index contributed by atoms with van der Waals surface area (Å²) in [5, 5.41) is 21.7. The number of para-hydroxylation sites is 1. The van der Waals surface area contributed by atoms with Gasteiger partial charge in [0.05, 0.1) is 45.7 Å². The van der Waals surface area contributed by atoms with Gasteiger partial charge < -0.3 is 9.84 Å². The number of carbonyl (C=O) groups is 4. The van der Waals surface area contributed by atoms with E-state index in [0.29, 0.717) is 17.9 Å².